The van der Waals surface area contributed by atoms with Gasteiger partial charge in [0, 0.05) is 6.42 Å². The zero-order chi connectivity index (χ0) is 12.9. The first kappa shape index (κ1) is 14.5. The lowest BCUT2D eigenvalue weighted by Crippen LogP contribution is -2.49. The predicted octanol–water partition coefficient (Wildman–Crippen LogP) is 3.66. The SMILES string of the molecule is CCCCC1OC(=O)C(C)(C)C(CCCC)O1. The van der Waals surface area contributed by atoms with Gasteiger partial charge in [0.25, 0.3) is 0 Å². The molecule has 0 aliphatic carbocycles. The number of unbranched alkanes of at least 4 members (excludes halogenated alkanes) is 2. The van der Waals surface area contributed by atoms with Crippen molar-refractivity contribution >= 4 is 5.97 Å². The Kier molecular flexibility index (Phi) is 5.44. The largest absolute Gasteiger partial charge is 0.435 e. The average molecular weight is 242 g/mol. The molecule has 0 amide bonds. The molecule has 0 bridgehead atoms. The number of hydrogen-bond donors (Lipinski definition) is 0. The fourth-order valence-electron chi connectivity index (χ4n) is 2.10. The van der Waals surface area contributed by atoms with Gasteiger partial charge in [-0.25, -0.2) is 0 Å². The van der Waals surface area contributed by atoms with Gasteiger partial charge in [-0.1, -0.05) is 33.1 Å². The van der Waals surface area contributed by atoms with E-state index in [1.807, 2.05) is 13.8 Å². The van der Waals surface area contributed by atoms with Crippen LogP contribution in [-0.2, 0) is 14.3 Å². The van der Waals surface area contributed by atoms with Gasteiger partial charge in [0.2, 0.25) is 6.29 Å². The number of ether oxygens (including phenoxy) is 2. The van der Waals surface area contributed by atoms with Crippen LogP contribution in [0.4, 0.5) is 0 Å². The summed E-state index contributed by atoms with van der Waals surface area (Å²) in [5.41, 5.74) is -0.502. The van der Waals surface area contributed by atoms with Crippen molar-refractivity contribution in [1.82, 2.24) is 0 Å². The van der Waals surface area contributed by atoms with Crippen LogP contribution in [0, 0.1) is 5.41 Å². The highest BCUT2D eigenvalue weighted by Crippen LogP contribution is 2.35. The van der Waals surface area contributed by atoms with Gasteiger partial charge in [-0.2, -0.15) is 0 Å². The molecule has 100 valence electrons. The van der Waals surface area contributed by atoms with E-state index in [2.05, 4.69) is 13.8 Å². The molecule has 0 radical (unpaired) electrons. The van der Waals surface area contributed by atoms with E-state index in [0.29, 0.717) is 0 Å². The van der Waals surface area contributed by atoms with Crippen molar-refractivity contribution in [3.8, 4) is 0 Å². The third kappa shape index (κ3) is 3.70. The van der Waals surface area contributed by atoms with Crippen LogP contribution >= 0.6 is 0 Å². The van der Waals surface area contributed by atoms with Gasteiger partial charge in [0.05, 0.1) is 11.5 Å². The fourth-order valence-corrected chi connectivity index (χ4v) is 2.10. The lowest BCUT2D eigenvalue weighted by Gasteiger charge is -2.40. The Balaban J connectivity index is 2.59. The second-order valence-electron chi connectivity index (χ2n) is 5.47. The Morgan fingerprint density at radius 3 is 2.29 bits per heavy atom. The highest BCUT2D eigenvalue weighted by molar-refractivity contribution is 5.77. The van der Waals surface area contributed by atoms with Crippen molar-refractivity contribution in [2.45, 2.75) is 78.6 Å². The Labute approximate surface area is 105 Å². The summed E-state index contributed by atoms with van der Waals surface area (Å²) >= 11 is 0. The molecule has 3 heteroatoms. The zero-order valence-electron chi connectivity index (χ0n) is 11.6. The van der Waals surface area contributed by atoms with Crippen molar-refractivity contribution in [3.05, 3.63) is 0 Å². The van der Waals surface area contributed by atoms with E-state index in [4.69, 9.17) is 9.47 Å². The molecule has 1 saturated heterocycles. The molecule has 1 heterocycles. The predicted molar refractivity (Wildman–Crippen MR) is 67.6 cm³/mol. The van der Waals surface area contributed by atoms with Crippen LogP contribution in [0.5, 0.6) is 0 Å². The Hall–Kier alpha value is -0.570. The van der Waals surface area contributed by atoms with Gasteiger partial charge < -0.3 is 9.47 Å². The molecule has 1 aliphatic rings. The van der Waals surface area contributed by atoms with Gasteiger partial charge in [-0.3, -0.25) is 4.79 Å². The molecule has 0 aromatic rings. The first-order valence-electron chi connectivity index (χ1n) is 6.88. The van der Waals surface area contributed by atoms with Crippen molar-refractivity contribution in [1.29, 1.82) is 0 Å². The number of carbonyl (C=O) groups excluding carboxylic acids is 1. The summed E-state index contributed by atoms with van der Waals surface area (Å²) in [4.78, 5) is 12.0. The first-order chi connectivity index (χ1) is 8.02. The van der Waals surface area contributed by atoms with E-state index in [1.54, 1.807) is 0 Å². The number of cyclic esters (lactones) is 1. The normalized spacial score (nSPS) is 27.9. The summed E-state index contributed by atoms with van der Waals surface area (Å²) in [5.74, 6) is -0.106. The molecule has 0 saturated carbocycles. The molecule has 1 rings (SSSR count). The maximum Gasteiger partial charge on any atom is 0.316 e. The second-order valence-corrected chi connectivity index (χ2v) is 5.47. The Bertz CT molecular complexity index is 248. The van der Waals surface area contributed by atoms with Crippen LogP contribution in [0.3, 0.4) is 0 Å². The fraction of sp³-hybridized carbons (Fsp3) is 0.929. The molecule has 17 heavy (non-hydrogen) atoms. The third-order valence-electron chi connectivity index (χ3n) is 3.50. The molecule has 0 aromatic heterocycles. The average Bonchev–Trinajstić information content (AvgIpc) is 2.29. The topological polar surface area (TPSA) is 35.5 Å². The van der Waals surface area contributed by atoms with Gasteiger partial charge in [-0.05, 0) is 26.7 Å². The molecule has 2 atom stereocenters. The van der Waals surface area contributed by atoms with Crippen molar-refractivity contribution in [2.24, 2.45) is 5.41 Å². The smallest absolute Gasteiger partial charge is 0.316 e. The number of esters is 1. The van der Waals surface area contributed by atoms with E-state index in [9.17, 15) is 4.79 Å². The van der Waals surface area contributed by atoms with E-state index >= 15 is 0 Å². The van der Waals surface area contributed by atoms with Crippen LogP contribution in [0.1, 0.15) is 66.2 Å². The van der Waals surface area contributed by atoms with Gasteiger partial charge in [0.1, 0.15) is 0 Å². The van der Waals surface area contributed by atoms with Crippen LogP contribution < -0.4 is 0 Å². The number of hydrogen-bond acceptors (Lipinski definition) is 3. The minimum Gasteiger partial charge on any atom is -0.435 e. The molecule has 0 aromatic carbocycles. The number of rotatable bonds is 6. The van der Waals surface area contributed by atoms with Gasteiger partial charge in [-0.15, -0.1) is 0 Å². The lowest BCUT2D eigenvalue weighted by atomic mass is 9.83. The van der Waals surface area contributed by atoms with Gasteiger partial charge in [0.15, 0.2) is 0 Å². The standard InChI is InChI=1S/C14H26O3/c1-5-7-9-11-14(3,4)13(15)17-12(16-11)10-8-6-2/h11-12H,5-10H2,1-4H3. The number of carbonyl (C=O) groups is 1. The monoisotopic (exact) mass is 242 g/mol. The highest BCUT2D eigenvalue weighted by Gasteiger charge is 2.45. The van der Waals surface area contributed by atoms with Crippen LogP contribution in [0.2, 0.25) is 0 Å². The molecule has 0 N–H and O–H groups in total. The van der Waals surface area contributed by atoms with E-state index < -0.39 is 5.41 Å². The molecule has 1 aliphatic heterocycles. The van der Waals surface area contributed by atoms with Crippen molar-refractivity contribution in [2.75, 3.05) is 0 Å². The first-order valence-corrected chi connectivity index (χ1v) is 6.88. The summed E-state index contributed by atoms with van der Waals surface area (Å²) in [7, 11) is 0. The van der Waals surface area contributed by atoms with E-state index in [-0.39, 0.29) is 18.4 Å². The summed E-state index contributed by atoms with van der Waals surface area (Å²) in [6.07, 6.45) is 5.82. The molecule has 0 spiro atoms. The summed E-state index contributed by atoms with van der Waals surface area (Å²) in [6.45, 7) is 8.13. The van der Waals surface area contributed by atoms with Crippen LogP contribution in [0.25, 0.3) is 0 Å². The third-order valence-corrected chi connectivity index (χ3v) is 3.50. The Morgan fingerprint density at radius 1 is 1.12 bits per heavy atom. The maximum absolute atomic E-state index is 12.0. The minimum absolute atomic E-state index is 0.00514. The quantitative estimate of drug-likeness (QED) is 0.667. The lowest BCUT2D eigenvalue weighted by molar-refractivity contribution is -0.248. The zero-order valence-corrected chi connectivity index (χ0v) is 11.6. The van der Waals surface area contributed by atoms with Gasteiger partial charge >= 0.3 is 5.97 Å². The van der Waals surface area contributed by atoms with Crippen LogP contribution in [-0.4, -0.2) is 18.4 Å². The minimum atomic E-state index is -0.502. The van der Waals surface area contributed by atoms with E-state index in [1.165, 1.54) is 0 Å². The van der Waals surface area contributed by atoms with Crippen LogP contribution in [0.15, 0.2) is 0 Å². The summed E-state index contributed by atoms with van der Waals surface area (Å²) in [6, 6.07) is 0. The molecular formula is C14H26O3. The Morgan fingerprint density at radius 2 is 1.71 bits per heavy atom. The molecule has 3 nitrogen and oxygen atoms in total. The summed E-state index contributed by atoms with van der Waals surface area (Å²) in [5, 5.41) is 0. The van der Waals surface area contributed by atoms with E-state index in [0.717, 1.165) is 38.5 Å². The highest BCUT2D eigenvalue weighted by atomic mass is 16.7. The second kappa shape index (κ2) is 6.39. The van der Waals surface area contributed by atoms with Crippen molar-refractivity contribution in [3.63, 3.8) is 0 Å². The molecule has 2 unspecified atom stereocenters. The molecule has 1 fully saturated rings. The molecular weight excluding hydrogens is 216 g/mol. The maximum atomic E-state index is 12.0. The summed E-state index contributed by atoms with van der Waals surface area (Å²) < 4.78 is 11.3. The van der Waals surface area contributed by atoms with Crippen molar-refractivity contribution < 1.29 is 14.3 Å².